The number of benzene rings is 1. The molecule has 1 aromatic carbocycles. The van der Waals surface area contributed by atoms with E-state index in [1.165, 1.54) is 31.2 Å². The van der Waals surface area contributed by atoms with Gasteiger partial charge in [0.05, 0.1) is 7.11 Å². The minimum atomic E-state index is 0.461. The maximum absolute atomic E-state index is 5.24. The van der Waals surface area contributed by atoms with E-state index in [1.807, 2.05) is 0 Å². The molecule has 0 radical (unpaired) electrons. The summed E-state index contributed by atoms with van der Waals surface area (Å²) >= 11 is 0. The first kappa shape index (κ1) is 13.9. The van der Waals surface area contributed by atoms with Crippen molar-refractivity contribution in [1.29, 1.82) is 0 Å². The predicted octanol–water partition coefficient (Wildman–Crippen LogP) is 2.97. The molecule has 20 heavy (non-hydrogen) atoms. The lowest BCUT2D eigenvalue weighted by molar-refractivity contribution is 0.132. The summed E-state index contributed by atoms with van der Waals surface area (Å²) < 4.78 is 5.24. The Kier molecular flexibility index (Phi) is 3.99. The molecule has 2 aliphatic heterocycles. The van der Waals surface area contributed by atoms with Gasteiger partial charge in [0.1, 0.15) is 5.75 Å². The topological polar surface area (TPSA) is 24.5 Å². The van der Waals surface area contributed by atoms with E-state index in [1.54, 1.807) is 7.11 Å². The Morgan fingerprint density at radius 1 is 1.15 bits per heavy atom. The number of hydrogen-bond acceptors (Lipinski definition) is 3. The second kappa shape index (κ2) is 5.74. The molecule has 110 valence electrons. The lowest BCUT2D eigenvalue weighted by atomic mass is 9.96. The van der Waals surface area contributed by atoms with Crippen molar-refractivity contribution in [2.75, 3.05) is 14.2 Å². The van der Waals surface area contributed by atoms with Gasteiger partial charge in [-0.3, -0.25) is 4.90 Å². The molecule has 2 bridgehead atoms. The molecular weight excluding hydrogens is 248 g/mol. The Labute approximate surface area is 122 Å². The highest BCUT2D eigenvalue weighted by Gasteiger charge is 2.36. The fourth-order valence-corrected chi connectivity index (χ4v) is 3.79. The van der Waals surface area contributed by atoms with E-state index in [9.17, 15) is 0 Å². The summed E-state index contributed by atoms with van der Waals surface area (Å²) in [5.41, 5.74) is 1.37. The first-order valence-electron chi connectivity index (χ1n) is 7.79. The van der Waals surface area contributed by atoms with Crippen molar-refractivity contribution in [3.63, 3.8) is 0 Å². The number of hydrogen-bond donors (Lipinski definition) is 1. The summed E-state index contributed by atoms with van der Waals surface area (Å²) in [5.74, 6) is 0.934. The van der Waals surface area contributed by atoms with E-state index in [2.05, 4.69) is 48.5 Å². The van der Waals surface area contributed by atoms with Crippen LogP contribution >= 0.6 is 0 Å². The first-order valence-corrected chi connectivity index (χ1v) is 7.79. The van der Waals surface area contributed by atoms with Crippen molar-refractivity contribution in [1.82, 2.24) is 10.2 Å². The lowest BCUT2D eigenvalue weighted by Crippen LogP contribution is -2.47. The third-order valence-electron chi connectivity index (χ3n) is 5.23. The molecule has 0 spiro atoms. The Hall–Kier alpha value is -1.06. The van der Waals surface area contributed by atoms with Crippen LogP contribution in [0.5, 0.6) is 5.75 Å². The van der Waals surface area contributed by atoms with Crippen molar-refractivity contribution in [3.8, 4) is 5.75 Å². The molecule has 3 atom stereocenters. The molecule has 2 heterocycles. The molecule has 0 saturated carbocycles. The third-order valence-corrected chi connectivity index (χ3v) is 5.23. The normalized spacial score (nSPS) is 30.5. The Balaban J connectivity index is 1.67. The average Bonchev–Trinajstić information content (AvgIpc) is 2.84. The zero-order chi connectivity index (χ0) is 14.1. The SMILES string of the molecule is COc1ccc(C(C)N(C)C2CC3CCC(C2)N3)cc1. The number of nitrogens with zero attached hydrogens (tertiary/aromatic N) is 1. The van der Waals surface area contributed by atoms with Crippen LogP contribution < -0.4 is 10.1 Å². The highest BCUT2D eigenvalue weighted by molar-refractivity contribution is 5.29. The standard InChI is InChI=1S/C17H26N2O/c1-12(13-4-8-17(20-3)9-5-13)19(2)16-10-14-6-7-15(11-16)18-14/h4-5,8-9,12,14-16,18H,6-7,10-11H2,1-3H3. The van der Waals surface area contributed by atoms with E-state index < -0.39 is 0 Å². The molecule has 2 aliphatic rings. The molecular formula is C17H26N2O. The fourth-order valence-electron chi connectivity index (χ4n) is 3.79. The van der Waals surface area contributed by atoms with E-state index in [-0.39, 0.29) is 0 Å². The number of ether oxygens (including phenoxy) is 1. The van der Waals surface area contributed by atoms with Crippen molar-refractivity contribution < 1.29 is 4.74 Å². The second-order valence-corrected chi connectivity index (χ2v) is 6.38. The van der Waals surface area contributed by atoms with Gasteiger partial charge in [-0.05, 0) is 57.4 Å². The van der Waals surface area contributed by atoms with Gasteiger partial charge in [0.25, 0.3) is 0 Å². The summed E-state index contributed by atoms with van der Waals surface area (Å²) in [6.45, 7) is 2.31. The van der Waals surface area contributed by atoms with Crippen LogP contribution in [-0.2, 0) is 0 Å². The van der Waals surface area contributed by atoms with Gasteiger partial charge in [-0.15, -0.1) is 0 Å². The third kappa shape index (κ3) is 2.70. The predicted molar refractivity (Wildman–Crippen MR) is 82.1 cm³/mol. The molecule has 0 aromatic heterocycles. The van der Waals surface area contributed by atoms with E-state index in [4.69, 9.17) is 4.74 Å². The number of rotatable bonds is 4. The zero-order valence-electron chi connectivity index (χ0n) is 12.8. The molecule has 3 unspecified atom stereocenters. The van der Waals surface area contributed by atoms with Crippen LogP contribution in [0.3, 0.4) is 0 Å². The van der Waals surface area contributed by atoms with Gasteiger partial charge in [-0.2, -0.15) is 0 Å². The number of nitrogens with one attached hydrogen (secondary N) is 1. The van der Waals surface area contributed by atoms with Crippen LogP contribution in [0.2, 0.25) is 0 Å². The summed E-state index contributed by atoms with van der Waals surface area (Å²) in [7, 11) is 4.00. The maximum atomic E-state index is 5.24. The van der Waals surface area contributed by atoms with Crippen molar-refractivity contribution in [2.45, 2.75) is 56.8 Å². The van der Waals surface area contributed by atoms with Crippen LogP contribution in [0.15, 0.2) is 24.3 Å². The Bertz CT molecular complexity index is 433. The average molecular weight is 274 g/mol. The first-order chi connectivity index (χ1) is 9.67. The van der Waals surface area contributed by atoms with Gasteiger partial charge in [-0.25, -0.2) is 0 Å². The molecule has 3 heteroatoms. The highest BCUT2D eigenvalue weighted by Crippen LogP contribution is 2.33. The molecule has 2 saturated heterocycles. The summed E-state index contributed by atoms with van der Waals surface area (Å²) in [6, 6.07) is 11.2. The van der Waals surface area contributed by atoms with Crippen molar-refractivity contribution in [3.05, 3.63) is 29.8 Å². The molecule has 1 N–H and O–H groups in total. The van der Waals surface area contributed by atoms with Crippen LogP contribution in [0.25, 0.3) is 0 Å². The van der Waals surface area contributed by atoms with Crippen LogP contribution in [0.4, 0.5) is 0 Å². The van der Waals surface area contributed by atoms with Crippen LogP contribution in [0, 0.1) is 0 Å². The molecule has 3 nitrogen and oxygen atoms in total. The smallest absolute Gasteiger partial charge is 0.118 e. The van der Waals surface area contributed by atoms with E-state index in [0.717, 1.165) is 17.8 Å². The van der Waals surface area contributed by atoms with E-state index >= 15 is 0 Å². The van der Waals surface area contributed by atoms with Gasteiger partial charge < -0.3 is 10.1 Å². The van der Waals surface area contributed by atoms with Gasteiger partial charge in [0.2, 0.25) is 0 Å². The van der Waals surface area contributed by atoms with Crippen LogP contribution in [0.1, 0.15) is 44.2 Å². The largest absolute Gasteiger partial charge is 0.497 e. The van der Waals surface area contributed by atoms with Gasteiger partial charge >= 0.3 is 0 Å². The lowest BCUT2D eigenvalue weighted by Gasteiger charge is -2.39. The van der Waals surface area contributed by atoms with Gasteiger partial charge in [-0.1, -0.05) is 12.1 Å². The number of methoxy groups -OCH3 is 1. The van der Waals surface area contributed by atoms with Gasteiger partial charge in [0.15, 0.2) is 0 Å². The minimum Gasteiger partial charge on any atom is -0.497 e. The molecule has 0 amide bonds. The molecule has 3 rings (SSSR count). The summed E-state index contributed by atoms with van der Waals surface area (Å²) in [5, 5.41) is 3.73. The minimum absolute atomic E-state index is 0.461. The Morgan fingerprint density at radius 3 is 2.30 bits per heavy atom. The van der Waals surface area contributed by atoms with Crippen molar-refractivity contribution >= 4 is 0 Å². The molecule has 0 aliphatic carbocycles. The van der Waals surface area contributed by atoms with Crippen LogP contribution in [-0.4, -0.2) is 37.2 Å². The molecule has 1 aromatic rings. The fraction of sp³-hybridized carbons (Fsp3) is 0.647. The quantitative estimate of drug-likeness (QED) is 0.913. The number of fused-ring (bicyclic) bond motifs is 2. The van der Waals surface area contributed by atoms with Crippen molar-refractivity contribution in [2.24, 2.45) is 0 Å². The summed E-state index contributed by atoms with van der Waals surface area (Å²) in [6.07, 6.45) is 5.33. The van der Waals surface area contributed by atoms with E-state index in [0.29, 0.717) is 12.1 Å². The highest BCUT2D eigenvalue weighted by atomic mass is 16.5. The monoisotopic (exact) mass is 274 g/mol. The number of piperidine rings is 1. The van der Waals surface area contributed by atoms with Gasteiger partial charge in [0, 0.05) is 24.2 Å². The summed E-state index contributed by atoms with van der Waals surface area (Å²) in [4.78, 5) is 2.56. The zero-order valence-corrected chi connectivity index (χ0v) is 12.8. The second-order valence-electron chi connectivity index (χ2n) is 6.38. The Morgan fingerprint density at radius 2 is 1.75 bits per heavy atom. The maximum Gasteiger partial charge on any atom is 0.118 e. The molecule has 2 fully saturated rings.